The van der Waals surface area contributed by atoms with Gasteiger partial charge in [-0.05, 0) is 41.8 Å². The lowest BCUT2D eigenvalue weighted by molar-refractivity contribution is -0.117. The molecule has 2 aromatic carbocycles. The van der Waals surface area contributed by atoms with E-state index in [2.05, 4.69) is 10.1 Å². The van der Waals surface area contributed by atoms with Crippen LogP contribution < -0.4 is 4.90 Å². The lowest BCUT2D eigenvalue weighted by atomic mass is 9.92. The van der Waals surface area contributed by atoms with Gasteiger partial charge in [0.25, 0.3) is 0 Å². The van der Waals surface area contributed by atoms with E-state index in [1.165, 1.54) is 6.33 Å². The van der Waals surface area contributed by atoms with E-state index in [9.17, 15) is 4.79 Å². The maximum absolute atomic E-state index is 12.4. The third-order valence-corrected chi connectivity index (χ3v) is 5.18. The van der Waals surface area contributed by atoms with Gasteiger partial charge in [-0.1, -0.05) is 47.5 Å². The fraction of sp³-hybridized carbons (Fsp3) is 0.211. The maximum Gasteiger partial charge on any atom is 0.231 e. The zero-order valence-electron chi connectivity index (χ0n) is 14.0. The summed E-state index contributed by atoms with van der Waals surface area (Å²) in [5.41, 5.74) is 2.08. The summed E-state index contributed by atoms with van der Waals surface area (Å²) in [6, 6.07) is 15.1. The molecule has 7 heteroatoms. The Morgan fingerprint density at radius 1 is 0.962 bits per heavy atom. The van der Waals surface area contributed by atoms with Crippen LogP contribution in [0.15, 0.2) is 54.9 Å². The monoisotopic (exact) mass is 386 g/mol. The highest BCUT2D eigenvalue weighted by Gasteiger charge is 2.38. The Balaban J connectivity index is 1.82. The van der Waals surface area contributed by atoms with Crippen molar-refractivity contribution in [3.05, 3.63) is 76.0 Å². The van der Waals surface area contributed by atoms with Crippen molar-refractivity contribution in [2.45, 2.75) is 25.4 Å². The van der Waals surface area contributed by atoms with Gasteiger partial charge in [-0.3, -0.25) is 9.69 Å². The summed E-state index contributed by atoms with van der Waals surface area (Å²) < 4.78 is 1.80. The molecule has 0 aliphatic carbocycles. The number of carbonyl (C=O) groups is 1. The van der Waals surface area contributed by atoms with Gasteiger partial charge < -0.3 is 0 Å². The van der Waals surface area contributed by atoms with E-state index in [1.54, 1.807) is 16.5 Å². The van der Waals surface area contributed by atoms with Crippen LogP contribution in [0.2, 0.25) is 10.0 Å². The molecule has 1 amide bonds. The third kappa shape index (κ3) is 2.97. The summed E-state index contributed by atoms with van der Waals surface area (Å²) in [4.78, 5) is 18.4. The van der Waals surface area contributed by atoms with Crippen LogP contribution in [0.5, 0.6) is 0 Å². The van der Waals surface area contributed by atoms with E-state index in [0.717, 1.165) is 11.1 Å². The fourth-order valence-corrected chi connectivity index (χ4v) is 3.74. The Kier molecular flexibility index (Phi) is 4.42. The van der Waals surface area contributed by atoms with E-state index in [-0.39, 0.29) is 18.0 Å². The second kappa shape index (κ2) is 6.74. The van der Waals surface area contributed by atoms with E-state index >= 15 is 0 Å². The smallest absolute Gasteiger partial charge is 0.231 e. The molecular formula is C19H16Cl2N4O. The number of rotatable bonds is 2. The highest BCUT2D eigenvalue weighted by molar-refractivity contribution is 6.30. The van der Waals surface area contributed by atoms with Crippen molar-refractivity contribution < 1.29 is 4.79 Å². The van der Waals surface area contributed by atoms with Crippen molar-refractivity contribution in [3.63, 3.8) is 0 Å². The van der Waals surface area contributed by atoms with Crippen molar-refractivity contribution >= 4 is 35.1 Å². The molecule has 0 N–H and O–H groups in total. The molecule has 132 valence electrons. The first-order valence-electron chi connectivity index (χ1n) is 8.25. The molecule has 0 saturated carbocycles. The Hall–Kier alpha value is -2.37. The molecule has 0 saturated heterocycles. The minimum atomic E-state index is -0.151. The third-order valence-electron chi connectivity index (χ3n) is 4.67. The van der Waals surface area contributed by atoms with E-state index in [1.807, 2.05) is 48.5 Å². The molecule has 2 atom stereocenters. The number of hydrogen-bond donors (Lipinski definition) is 0. The van der Waals surface area contributed by atoms with Gasteiger partial charge in [0.15, 0.2) is 0 Å². The first-order valence-corrected chi connectivity index (χ1v) is 9.00. The van der Waals surface area contributed by atoms with Crippen LogP contribution in [0.1, 0.15) is 36.6 Å². The molecule has 0 radical (unpaired) electrons. The Morgan fingerprint density at radius 2 is 1.50 bits per heavy atom. The van der Waals surface area contributed by atoms with Crippen molar-refractivity contribution in [1.82, 2.24) is 14.8 Å². The number of nitrogens with zero attached hydrogens (tertiary/aromatic N) is 4. The number of hydrogen-bond acceptors (Lipinski definition) is 3. The van der Waals surface area contributed by atoms with Crippen molar-refractivity contribution in [2.75, 3.05) is 4.90 Å². The van der Waals surface area contributed by atoms with Crippen molar-refractivity contribution in [1.29, 1.82) is 0 Å². The van der Waals surface area contributed by atoms with Crippen LogP contribution >= 0.6 is 23.2 Å². The van der Waals surface area contributed by atoms with Crippen LogP contribution in [-0.2, 0) is 4.79 Å². The molecule has 1 aromatic heterocycles. The van der Waals surface area contributed by atoms with Crippen LogP contribution in [0, 0.1) is 0 Å². The standard InChI is InChI=1S/C19H16Cl2N4O/c1-12(26)24-17(13-2-6-15(20)7-3-13)10-18(25-19(24)22-11-23-25)14-4-8-16(21)9-5-14/h2-9,11,17-18H,10H2,1H3/t17-,18+/m0/s1. The number of fused-ring (bicyclic) bond motifs is 1. The predicted molar refractivity (Wildman–Crippen MR) is 102 cm³/mol. The summed E-state index contributed by atoms with van der Waals surface area (Å²) in [6.45, 7) is 1.55. The van der Waals surface area contributed by atoms with Gasteiger partial charge in [0.05, 0.1) is 12.1 Å². The summed E-state index contributed by atoms with van der Waals surface area (Å²) in [7, 11) is 0. The largest absolute Gasteiger partial charge is 0.275 e. The first kappa shape index (κ1) is 17.1. The van der Waals surface area contributed by atoms with Crippen LogP contribution in [-0.4, -0.2) is 20.7 Å². The average molecular weight is 387 g/mol. The maximum atomic E-state index is 12.4. The number of aromatic nitrogens is 3. The van der Waals surface area contributed by atoms with Crippen LogP contribution in [0.25, 0.3) is 0 Å². The highest BCUT2D eigenvalue weighted by atomic mass is 35.5. The summed E-state index contributed by atoms with van der Waals surface area (Å²) in [5, 5.41) is 5.72. The van der Waals surface area contributed by atoms with Crippen LogP contribution in [0.3, 0.4) is 0 Å². The van der Waals surface area contributed by atoms with Gasteiger partial charge in [-0.25, -0.2) is 4.68 Å². The average Bonchev–Trinajstić information content (AvgIpc) is 3.11. The highest BCUT2D eigenvalue weighted by Crippen LogP contribution is 2.42. The number of anilines is 1. The van der Waals surface area contributed by atoms with Gasteiger partial charge in [-0.2, -0.15) is 10.1 Å². The molecule has 0 spiro atoms. The molecule has 2 heterocycles. The number of carbonyl (C=O) groups excluding carboxylic acids is 1. The van der Waals surface area contributed by atoms with Gasteiger partial charge in [0.2, 0.25) is 11.9 Å². The second-order valence-corrected chi connectivity index (χ2v) is 7.14. The quantitative estimate of drug-likeness (QED) is 0.642. The molecule has 26 heavy (non-hydrogen) atoms. The van der Waals surface area contributed by atoms with E-state index in [4.69, 9.17) is 23.2 Å². The van der Waals surface area contributed by atoms with Gasteiger partial charge in [-0.15, -0.1) is 0 Å². The van der Waals surface area contributed by atoms with Crippen LogP contribution in [0.4, 0.5) is 5.95 Å². The number of halogens is 2. The molecule has 0 fully saturated rings. The lowest BCUT2D eigenvalue weighted by Gasteiger charge is -2.38. The normalized spacial score (nSPS) is 19.3. The summed E-state index contributed by atoms with van der Waals surface area (Å²) in [5.74, 6) is 0.470. The number of amides is 1. The lowest BCUT2D eigenvalue weighted by Crippen LogP contribution is -2.41. The summed E-state index contributed by atoms with van der Waals surface area (Å²) in [6.07, 6.45) is 2.16. The zero-order valence-corrected chi connectivity index (χ0v) is 15.5. The Labute approximate surface area is 161 Å². The van der Waals surface area contributed by atoms with E-state index in [0.29, 0.717) is 22.4 Å². The summed E-state index contributed by atoms with van der Waals surface area (Å²) >= 11 is 12.1. The zero-order chi connectivity index (χ0) is 18.3. The topological polar surface area (TPSA) is 51.0 Å². The van der Waals surface area contributed by atoms with Gasteiger partial charge in [0.1, 0.15) is 6.33 Å². The molecule has 1 aliphatic heterocycles. The molecule has 3 aromatic rings. The first-order chi connectivity index (χ1) is 12.5. The molecule has 0 unspecified atom stereocenters. The fourth-order valence-electron chi connectivity index (χ4n) is 3.49. The van der Waals surface area contributed by atoms with Crippen molar-refractivity contribution in [2.24, 2.45) is 0 Å². The molecule has 0 bridgehead atoms. The second-order valence-electron chi connectivity index (χ2n) is 6.26. The Morgan fingerprint density at radius 3 is 2.04 bits per heavy atom. The predicted octanol–water partition coefficient (Wildman–Crippen LogP) is 4.67. The van der Waals surface area contributed by atoms with Gasteiger partial charge >= 0.3 is 0 Å². The Bertz CT molecular complexity index is 937. The van der Waals surface area contributed by atoms with Crippen molar-refractivity contribution in [3.8, 4) is 0 Å². The molecule has 4 rings (SSSR count). The molecular weight excluding hydrogens is 371 g/mol. The molecule has 1 aliphatic rings. The molecule has 5 nitrogen and oxygen atoms in total. The van der Waals surface area contributed by atoms with Gasteiger partial charge in [0, 0.05) is 17.0 Å². The minimum absolute atomic E-state index is 0.0407. The van der Waals surface area contributed by atoms with E-state index < -0.39 is 0 Å². The number of benzene rings is 2. The SMILES string of the molecule is CC(=O)N1c2ncnn2[C@@H](c2ccc(Cl)cc2)C[C@H]1c1ccc(Cl)cc1. The minimum Gasteiger partial charge on any atom is -0.275 e.